The maximum Gasteiger partial charge on any atom is 0.0624 e. The van der Waals surface area contributed by atoms with Crippen molar-refractivity contribution in [1.82, 2.24) is 4.57 Å². The summed E-state index contributed by atoms with van der Waals surface area (Å²) in [5, 5.41) is 3.63. The molecular weight excluding hydrogens is 510 g/mol. The fourth-order valence-electron chi connectivity index (χ4n) is 5.77. The van der Waals surface area contributed by atoms with Crippen molar-refractivity contribution in [3.8, 4) is 5.69 Å². The second-order valence-corrected chi connectivity index (χ2v) is 10.4. The molecule has 0 fully saturated rings. The van der Waals surface area contributed by atoms with Crippen LogP contribution in [-0.2, 0) is 0 Å². The van der Waals surface area contributed by atoms with Crippen LogP contribution in [0.15, 0.2) is 157 Å². The van der Waals surface area contributed by atoms with E-state index >= 15 is 0 Å². The van der Waals surface area contributed by atoms with Crippen molar-refractivity contribution in [2.24, 2.45) is 4.99 Å². The Morgan fingerprint density at radius 3 is 2.50 bits per heavy atom. The predicted octanol–water partition coefficient (Wildman–Crippen LogP) is 9.88. The predicted molar refractivity (Wildman–Crippen MR) is 180 cm³/mol. The van der Waals surface area contributed by atoms with Crippen LogP contribution < -0.4 is 4.90 Å². The Balaban J connectivity index is 1.38. The molecule has 1 aliphatic heterocycles. The van der Waals surface area contributed by atoms with Crippen LogP contribution in [0.25, 0.3) is 45.1 Å². The number of fused-ring (bicyclic) bond motifs is 4. The Labute approximate surface area is 246 Å². The van der Waals surface area contributed by atoms with Crippen LogP contribution in [0.4, 0.5) is 5.69 Å². The highest BCUT2D eigenvalue weighted by Gasteiger charge is 2.21. The summed E-state index contributed by atoms with van der Waals surface area (Å²) < 4.78 is 2.34. The van der Waals surface area contributed by atoms with Crippen LogP contribution in [-0.4, -0.2) is 10.8 Å². The molecule has 0 radical (unpaired) electrons. The van der Waals surface area contributed by atoms with E-state index in [1.165, 1.54) is 21.7 Å². The van der Waals surface area contributed by atoms with Gasteiger partial charge in [0.15, 0.2) is 0 Å². The summed E-state index contributed by atoms with van der Waals surface area (Å²) in [5.41, 5.74) is 12.7. The molecule has 42 heavy (non-hydrogen) atoms. The van der Waals surface area contributed by atoms with Gasteiger partial charge in [-0.1, -0.05) is 86.0 Å². The number of allylic oxidation sites excluding steroid dienone is 5. The molecule has 1 aromatic heterocycles. The number of rotatable bonds is 3. The van der Waals surface area contributed by atoms with Crippen LogP contribution >= 0.6 is 0 Å². The van der Waals surface area contributed by atoms with Crippen LogP contribution in [0.3, 0.4) is 0 Å². The Hall–Kier alpha value is -5.63. The number of aliphatic imine (C=N–C) groups is 1. The molecule has 1 aliphatic carbocycles. The van der Waals surface area contributed by atoms with Gasteiger partial charge in [-0.2, -0.15) is 0 Å². The maximum atomic E-state index is 4.60. The highest BCUT2D eigenvalue weighted by atomic mass is 15.2. The third-order valence-corrected chi connectivity index (χ3v) is 7.78. The number of anilines is 1. The second kappa shape index (κ2) is 10.7. The van der Waals surface area contributed by atoms with Gasteiger partial charge in [0.1, 0.15) is 0 Å². The Bertz CT molecular complexity index is 2070. The molecular formula is C39H29N3. The zero-order chi connectivity index (χ0) is 28.5. The smallest absolute Gasteiger partial charge is 0.0624 e. The summed E-state index contributed by atoms with van der Waals surface area (Å²) in [6.45, 7) is 8.97. The van der Waals surface area contributed by atoms with Crippen molar-refractivity contribution in [2.45, 2.75) is 6.42 Å². The van der Waals surface area contributed by atoms with Gasteiger partial charge in [0.05, 0.1) is 11.2 Å². The van der Waals surface area contributed by atoms with Crippen molar-refractivity contribution in [1.29, 1.82) is 0 Å². The van der Waals surface area contributed by atoms with Crippen molar-refractivity contribution >= 4 is 51.3 Å². The fourth-order valence-corrected chi connectivity index (χ4v) is 5.77. The van der Waals surface area contributed by atoms with Gasteiger partial charge in [-0.05, 0) is 64.9 Å². The zero-order valence-corrected chi connectivity index (χ0v) is 23.2. The summed E-state index contributed by atoms with van der Waals surface area (Å²) in [6, 6.07) is 32.1. The number of hydrogen-bond donors (Lipinski definition) is 0. The molecule has 2 aliphatic rings. The van der Waals surface area contributed by atoms with E-state index in [0.717, 1.165) is 51.5 Å². The molecule has 0 N–H and O–H groups in total. The van der Waals surface area contributed by atoms with Crippen LogP contribution in [0.5, 0.6) is 0 Å². The van der Waals surface area contributed by atoms with E-state index in [9.17, 15) is 0 Å². The normalized spacial score (nSPS) is 17.6. The van der Waals surface area contributed by atoms with E-state index in [2.05, 4.69) is 137 Å². The summed E-state index contributed by atoms with van der Waals surface area (Å²) in [5.74, 6) is 0. The zero-order valence-electron chi connectivity index (χ0n) is 23.2. The molecule has 0 saturated heterocycles. The quantitative estimate of drug-likeness (QED) is 0.205. The molecule has 0 unspecified atom stereocenters. The summed E-state index contributed by atoms with van der Waals surface area (Å²) >= 11 is 0. The molecule has 0 atom stereocenters. The van der Waals surface area contributed by atoms with Crippen molar-refractivity contribution in [3.05, 3.63) is 169 Å². The third-order valence-electron chi connectivity index (χ3n) is 7.78. The number of aromatic nitrogens is 1. The Kier molecular flexibility index (Phi) is 6.48. The van der Waals surface area contributed by atoms with Gasteiger partial charge in [0.2, 0.25) is 0 Å². The lowest BCUT2D eigenvalue weighted by Crippen LogP contribution is -2.20. The van der Waals surface area contributed by atoms with E-state index in [1.807, 2.05) is 30.5 Å². The first-order chi connectivity index (χ1) is 20.7. The van der Waals surface area contributed by atoms with Crippen LogP contribution in [0, 0.1) is 0 Å². The average Bonchev–Trinajstić information content (AvgIpc) is 3.61. The molecule has 0 saturated carbocycles. The molecule has 0 bridgehead atoms. The lowest BCUT2D eigenvalue weighted by atomic mass is 9.98. The third kappa shape index (κ3) is 4.49. The molecule has 3 heteroatoms. The largest absolute Gasteiger partial charge is 0.311 e. The first-order valence-corrected chi connectivity index (χ1v) is 14.1. The number of hydrogen-bond acceptors (Lipinski definition) is 2. The van der Waals surface area contributed by atoms with Crippen LogP contribution in [0.2, 0.25) is 0 Å². The van der Waals surface area contributed by atoms with Gasteiger partial charge >= 0.3 is 0 Å². The molecule has 0 spiro atoms. The van der Waals surface area contributed by atoms with Crippen molar-refractivity contribution in [3.63, 3.8) is 0 Å². The van der Waals surface area contributed by atoms with Gasteiger partial charge in [-0.15, -0.1) is 5.73 Å². The summed E-state index contributed by atoms with van der Waals surface area (Å²) in [6.07, 6.45) is 16.8. The first kappa shape index (κ1) is 25.3. The molecule has 4 aromatic carbocycles. The molecule has 5 aromatic rings. The highest BCUT2D eigenvalue weighted by molar-refractivity contribution is 6.01. The Morgan fingerprint density at radius 2 is 1.62 bits per heavy atom. The number of benzene rings is 4. The average molecular weight is 540 g/mol. The van der Waals surface area contributed by atoms with E-state index in [-0.39, 0.29) is 0 Å². The minimum absolute atomic E-state index is 0.743. The van der Waals surface area contributed by atoms with Crippen LogP contribution in [0.1, 0.15) is 23.2 Å². The topological polar surface area (TPSA) is 20.5 Å². The SMILES string of the molecule is C=C1/C=C\N=CC/C=C\C=C(\c2ccc3c(c2)c2c(n3-c3ccc4ccccc4c3)C=C=C2)C(=C)N1c1ccccc1. The summed E-state index contributed by atoms with van der Waals surface area (Å²) in [4.78, 5) is 6.47. The minimum Gasteiger partial charge on any atom is -0.311 e. The van der Waals surface area contributed by atoms with E-state index < -0.39 is 0 Å². The monoisotopic (exact) mass is 539 g/mol. The molecule has 3 nitrogen and oxygen atoms in total. The van der Waals surface area contributed by atoms with Gasteiger partial charge in [-0.25, -0.2) is 0 Å². The summed E-state index contributed by atoms with van der Waals surface area (Å²) in [7, 11) is 0. The maximum absolute atomic E-state index is 4.60. The molecule has 2 heterocycles. The second-order valence-electron chi connectivity index (χ2n) is 10.4. The van der Waals surface area contributed by atoms with Gasteiger partial charge in [0, 0.05) is 64.2 Å². The van der Waals surface area contributed by atoms with Gasteiger partial charge in [-0.3, -0.25) is 4.99 Å². The number of nitrogens with zero attached hydrogens (tertiary/aromatic N) is 3. The van der Waals surface area contributed by atoms with Crippen molar-refractivity contribution < 1.29 is 0 Å². The lowest BCUT2D eigenvalue weighted by molar-refractivity contribution is 1.11. The standard InChI is InChI=1S/C39H29N3/c1-28-23-25-40-24-10-4-7-16-35(29(2)41(28)33-14-5-3-6-15-33)32-20-22-39-37(27-32)36-17-11-18-38(36)42(39)34-21-19-30-12-8-9-13-31(30)26-34/h3-9,12-27H,1-2,10H2/b7-4-,25-23-,35-16+,40-24?. The fraction of sp³-hybridized carbons (Fsp3) is 0.0256. The van der Waals surface area contributed by atoms with Gasteiger partial charge in [0.25, 0.3) is 0 Å². The van der Waals surface area contributed by atoms with E-state index in [4.69, 9.17) is 0 Å². The van der Waals surface area contributed by atoms with Gasteiger partial charge < -0.3 is 9.47 Å². The molecule has 7 rings (SSSR count). The first-order valence-electron chi connectivity index (χ1n) is 14.1. The highest BCUT2D eigenvalue weighted by Crippen LogP contribution is 2.38. The molecule has 0 amide bonds. The minimum atomic E-state index is 0.743. The van der Waals surface area contributed by atoms with E-state index in [0.29, 0.717) is 0 Å². The van der Waals surface area contributed by atoms with Crippen molar-refractivity contribution in [2.75, 3.05) is 4.90 Å². The number of para-hydroxylation sites is 1. The lowest BCUT2D eigenvalue weighted by Gasteiger charge is -2.29. The van der Waals surface area contributed by atoms with E-state index in [1.54, 1.807) is 6.20 Å². The Morgan fingerprint density at radius 1 is 0.786 bits per heavy atom. The molecule has 200 valence electrons.